The Morgan fingerprint density at radius 1 is 1.11 bits per heavy atom. The van der Waals surface area contributed by atoms with E-state index < -0.39 is 23.4 Å². The van der Waals surface area contributed by atoms with Crippen molar-refractivity contribution in [2.24, 2.45) is 4.99 Å². The number of nitrogen functional groups attached to an aromatic ring is 1. The Kier molecular flexibility index (Phi) is 8.91. The molecule has 8 nitrogen and oxygen atoms in total. The molecule has 1 aromatic rings. The van der Waals surface area contributed by atoms with E-state index in [-0.39, 0.29) is 0 Å². The Labute approximate surface area is 166 Å². The SMILES string of the molecule is CC(C)(C)OC(=O)N/C=N/C(=O)OC(C)(C)CNCCCc1ccc(N)cc1. The average Bonchev–Trinajstić information content (AvgIpc) is 2.54. The zero-order valence-corrected chi connectivity index (χ0v) is 17.4. The molecule has 4 N–H and O–H groups in total. The predicted octanol–water partition coefficient (Wildman–Crippen LogP) is 3.26. The van der Waals surface area contributed by atoms with Crippen molar-refractivity contribution < 1.29 is 19.1 Å². The molecule has 0 saturated carbocycles. The van der Waals surface area contributed by atoms with Crippen LogP contribution >= 0.6 is 0 Å². The largest absolute Gasteiger partial charge is 0.444 e. The van der Waals surface area contributed by atoms with Gasteiger partial charge in [0.2, 0.25) is 0 Å². The number of benzene rings is 1. The van der Waals surface area contributed by atoms with E-state index in [1.54, 1.807) is 34.6 Å². The van der Waals surface area contributed by atoms with Gasteiger partial charge in [0.15, 0.2) is 0 Å². The molecule has 1 rings (SSSR count). The van der Waals surface area contributed by atoms with Crippen molar-refractivity contribution in [1.82, 2.24) is 10.6 Å². The second kappa shape index (κ2) is 10.7. The van der Waals surface area contributed by atoms with Gasteiger partial charge in [0, 0.05) is 12.2 Å². The fourth-order valence-electron chi connectivity index (χ4n) is 2.24. The molecule has 0 aliphatic rings. The number of amides is 2. The third kappa shape index (κ3) is 11.2. The van der Waals surface area contributed by atoms with Gasteiger partial charge in [-0.2, -0.15) is 4.99 Å². The van der Waals surface area contributed by atoms with E-state index in [1.165, 1.54) is 5.56 Å². The number of carbonyl (C=O) groups is 2. The minimum atomic E-state index is -0.787. The van der Waals surface area contributed by atoms with E-state index in [9.17, 15) is 9.59 Å². The molecule has 0 saturated heterocycles. The first kappa shape index (κ1) is 23.4. The number of aliphatic imine (C=N–C) groups is 1. The van der Waals surface area contributed by atoms with Crippen LogP contribution in [0.5, 0.6) is 0 Å². The van der Waals surface area contributed by atoms with Crippen molar-refractivity contribution in [2.45, 2.75) is 58.7 Å². The van der Waals surface area contributed by atoms with Crippen LogP contribution in [0.3, 0.4) is 0 Å². The summed E-state index contributed by atoms with van der Waals surface area (Å²) < 4.78 is 10.3. The van der Waals surface area contributed by atoms with Crippen LogP contribution in [0.25, 0.3) is 0 Å². The van der Waals surface area contributed by atoms with Crippen LogP contribution in [0.2, 0.25) is 0 Å². The van der Waals surface area contributed by atoms with Gasteiger partial charge >= 0.3 is 12.2 Å². The van der Waals surface area contributed by atoms with E-state index >= 15 is 0 Å². The number of anilines is 1. The molecule has 8 heteroatoms. The van der Waals surface area contributed by atoms with Crippen LogP contribution in [-0.4, -0.2) is 42.8 Å². The molecule has 156 valence electrons. The monoisotopic (exact) mass is 392 g/mol. The number of aryl methyl sites for hydroxylation is 1. The highest BCUT2D eigenvalue weighted by Crippen LogP contribution is 2.10. The van der Waals surface area contributed by atoms with Gasteiger partial charge in [0.05, 0.1) is 0 Å². The molecule has 0 aliphatic heterocycles. The maximum Gasteiger partial charge on any atom is 0.435 e. The minimum Gasteiger partial charge on any atom is -0.444 e. The number of ether oxygens (including phenoxy) is 2. The van der Waals surface area contributed by atoms with Gasteiger partial charge < -0.3 is 20.5 Å². The van der Waals surface area contributed by atoms with Crippen LogP contribution in [0, 0.1) is 0 Å². The van der Waals surface area contributed by atoms with Gasteiger partial charge in [-0.3, -0.25) is 5.32 Å². The average molecular weight is 393 g/mol. The van der Waals surface area contributed by atoms with E-state index in [0.717, 1.165) is 31.4 Å². The standard InChI is InChI=1S/C20H32N4O4/c1-19(2,3)27-17(25)23-14-24-18(26)28-20(4,5)13-22-12-6-7-15-8-10-16(21)11-9-15/h8-11,14,22H,6-7,12-13,21H2,1-5H3,(H,23,24,25,26). The Morgan fingerprint density at radius 2 is 1.75 bits per heavy atom. The van der Waals surface area contributed by atoms with E-state index in [0.29, 0.717) is 6.54 Å². The molecule has 0 atom stereocenters. The second-order valence-electron chi connectivity index (χ2n) is 8.05. The molecule has 0 fully saturated rings. The number of hydrogen-bond acceptors (Lipinski definition) is 6. The van der Waals surface area contributed by atoms with Gasteiger partial charge in [-0.25, -0.2) is 9.59 Å². The Balaban J connectivity index is 2.24. The van der Waals surface area contributed by atoms with E-state index in [1.807, 2.05) is 24.3 Å². The summed E-state index contributed by atoms with van der Waals surface area (Å²) in [4.78, 5) is 26.8. The van der Waals surface area contributed by atoms with Crippen molar-refractivity contribution in [3.05, 3.63) is 29.8 Å². The fourth-order valence-corrected chi connectivity index (χ4v) is 2.24. The molecule has 0 aromatic heterocycles. The Morgan fingerprint density at radius 3 is 2.36 bits per heavy atom. The first-order valence-corrected chi connectivity index (χ1v) is 9.27. The summed E-state index contributed by atoms with van der Waals surface area (Å²) in [6.45, 7) is 10.1. The summed E-state index contributed by atoms with van der Waals surface area (Å²) in [6, 6.07) is 7.82. The first-order valence-electron chi connectivity index (χ1n) is 9.27. The number of nitrogens with one attached hydrogen (secondary N) is 2. The van der Waals surface area contributed by atoms with Gasteiger partial charge in [-0.1, -0.05) is 12.1 Å². The highest BCUT2D eigenvalue weighted by Gasteiger charge is 2.22. The zero-order valence-electron chi connectivity index (χ0n) is 17.4. The number of nitrogens with two attached hydrogens (primary N) is 1. The maximum absolute atomic E-state index is 11.8. The highest BCUT2D eigenvalue weighted by molar-refractivity contribution is 5.87. The first-order chi connectivity index (χ1) is 13.0. The summed E-state index contributed by atoms with van der Waals surface area (Å²) in [6.07, 6.45) is 1.38. The normalized spacial score (nSPS) is 12.0. The van der Waals surface area contributed by atoms with Crippen molar-refractivity contribution >= 4 is 24.2 Å². The molecular weight excluding hydrogens is 360 g/mol. The second-order valence-corrected chi connectivity index (χ2v) is 8.05. The van der Waals surface area contributed by atoms with Crippen molar-refractivity contribution in [2.75, 3.05) is 18.8 Å². The third-order valence-electron chi connectivity index (χ3n) is 3.46. The van der Waals surface area contributed by atoms with Gasteiger partial charge in [-0.15, -0.1) is 0 Å². The summed E-state index contributed by atoms with van der Waals surface area (Å²) in [5, 5.41) is 5.53. The number of hydrogen-bond donors (Lipinski definition) is 3. The van der Waals surface area contributed by atoms with E-state index in [4.69, 9.17) is 15.2 Å². The van der Waals surface area contributed by atoms with Crippen molar-refractivity contribution in [3.8, 4) is 0 Å². The van der Waals surface area contributed by atoms with Crippen LogP contribution in [0.1, 0.15) is 46.6 Å². The number of nitrogens with zero attached hydrogens (tertiary/aromatic N) is 1. The Bertz CT molecular complexity index is 664. The Hall–Kier alpha value is -2.61. The summed E-state index contributed by atoms with van der Waals surface area (Å²) >= 11 is 0. The van der Waals surface area contributed by atoms with Crippen molar-refractivity contribution in [1.29, 1.82) is 0 Å². The third-order valence-corrected chi connectivity index (χ3v) is 3.46. The molecule has 0 unspecified atom stereocenters. The molecule has 0 bridgehead atoms. The lowest BCUT2D eigenvalue weighted by Crippen LogP contribution is -2.39. The van der Waals surface area contributed by atoms with Crippen LogP contribution in [0.15, 0.2) is 29.3 Å². The molecule has 2 amide bonds. The van der Waals surface area contributed by atoms with Gasteiger partial charge in [0.25, 0.3) is 0 Å². The topological polar surface area (TPSA) is 115 Å². The summed E-state index contributed by atoms with van der Waals surface area (Å²) in [5.41, 5.74) is 6.30. The molecule has 28 heavy (non-hydrogen) atoms. The van der Waals surface area contributed by atoms with Crippen LogP contribution in [-0.2, 0) is 15.9 Å². The molecule has 0 spiro atoms. The summed E-state index contributed by atoms with van der Waals surface area (Å²) in [5.74, 6) is 0. The van der Waals surface area contributed by atoms with Crippen LogP contribution < -0.4 is 16.4 Å². The lowest BCUT2D eigenvalue weighted by atomic mass is 10.1. The number of carbonyl (C=O) groups excluding carboxylic acids is 2. The smallest absolute Gasteiger partial charge is 0.435 e. The van der Waals surface area contributed by atoms with E-state index in [2.05, 4.69) is 15.6 Å². The van der Waals surface area contributed by atoms with Gasteiger partial charge in [-0.05, 0) is 71.7 Å². The van der Waals surface area contributed by atoms with Crippen LogP contribution in [0.4, 0.5) is 15.3 Å². The molecule has 0 radical (unpaired) electrons. The minimum absolute atomic E-state index is 0.482. The lowest BCUT2D eigenvalue weighted by Gasteiger charge is -2.24. The summed E-state index contributed by atoms with van der Waals surface area (Å²) in [7, 11) is 0. The molecule has 0 aliphatic carbocycles. The quantitative estimate of drug-likeness (QED) is 0.271. The zero-order chi connectivity index (χ0) is 21.2. The number of alkyl carbamates (subject to hydrolysis) is 1. The lowest BCUT2D eigenvalue weighted by molar-refractivity contribution is 0.0463. The van der Waals surface area contributed by atoms with Gasteiger partial charge in [0.1, 0.15) is 17.5 Å². The molecular formula is C20H32N4O4. The fraction of sp³-hybridized carbons (Fsp3) is 0.550. The highest BCUT2D eigenvalue weighted by atomic mass is 16.6. The predicted molar refractivity (Wildman–Crippen MR) is 110 cm³/mol. The maximum atomic E-state index is 11.8. The van der Waals surface area contributed by atoms with Crippen molar-refractivity contribution in [3.63, 3.8) is 0 Å². The molecule has 1 aromatic carbocycles. The molecule has 0 heterocycles. The number of rotatable bonds is 8.